The van der Waals surface area contributed by atoms with Crippen LogP contribution in [-0.4, -0.2) is 18.9 Å². The maximum atomic E-state index is 5.61. The number of para-hydroxylation sites is 3. The summed E-state index contributed by atoms with van der Waals surface area (Å²) in [5, 5.41) is 11.0. The van der Waals surface area contributed by atoms with Crippen molar-refractivity contribution in [2.45, 2.75) is 0 Å². The summed E-state index contributed by atoms with van der Waals surface area (Å²) in [6, 6.07) is 69.9. The quantitative estimate of drug-likeness (QED) is 0.180. The van der Waals surface area contributed by atoms with Crippen molar-refractivity contribution >= 4 is 81.6 Å². The third-order valence-corrected chi connectivity index (χ3v) is 12.2. The maximum Gasteiger partial charge on any atom is 0.235 e. The summed E-state index contributed by atoms with van der Waals surface area (Å²) < 4.78 is 4.77. The molecule has 4 aromatic heterocycles. The Bertz CT molecular complexity index is 3730. The van der Waals surface area contributed by atoms with Gasteiger partial charge in [0.15, 0.2) is 0 Å². The molecule has 0 aliphatic heterocycles. The molecule has 0 fully saturated rings. The molecule has 4 nitrogen and oxygen atoms in total. The van der Waals surface area contributed by atoms with Crippen molar-refractivity contribution in [3.8, 4) is 39.5 Å². The predicted molar refractivity (Wildman–Crippen MR) is 242 cm³/mol. The van der Waals surface area contributed by atoms with E-state index in [1.165, 1.54) is 59.6 Å². The Morgan fingerprint density at radius 1 is 0.328 bits per heavy atom. The molecule has 0 aliphatic rings. The van der Waals surface area contributed by atoms with E-state index < -0.39 is 0 Å². The average molecular weight is 737 g/mol. The number of rotatable bonds is 4. The van der Waals surface area contributed by atoms with Gasteiger partial charge in [-0.1, -0.05) is 146 Å². The van der Waals surface area contributed by atoms with Gasteiger partial charge in [0, 0.05) is 43.3 Å². The van der Waals surface area contributed by atoms with Crippen LogP contribution in [0.4, 0.5) is 0 Å². The van der Waals surface area contributed by atoms with Crippen LogP contribution in [0.3, 0.4) is 0 Å². The van der Waals surface area contributed by atoms with E-state index in [0.717, 1.165) is 55.4 Å². The molecule has 268 valence electrons. The van der Waals surface area contributed by atoms with E-state index in [-0.39, 0.29) is 0 Å². The minimum Gasteiger partial charge on any atom is -0.308 e. The van der Waals surface area contributed by atoms with Gasteiger partial charge in [0.25, 0.3) is 0 Å². The van der Waals surface area contributed by atoms with Crippen LogP contribution in [0.15, 0.2) is 194 Å². The summed E-state index contributed by atoms with van der Waals surface area (Å²) in [5.74, 6) is 0.650. The number of fused-ring (bicyclic) bond motifs is 13. The van der Waals surface area contributed by atoms with Gasteiger partial charge in [-0.15, -0.1) is 0 Å². The monoisotopic (exact) mass is 736 g/mol. The van der Waals surface area contributed by atoms with Gasteiger partial charge in [0.2, 0.25) is 5.95 Å². The van der Waals surface area contributed by atoms with Crippen LogP contribution in [0.1, 0.15) is 0 Å². The zero-order valence-corrected chi connectivity index (χ0v) is 31.3. The number of nitrogens with zero attached hydrogens (tertiary/aromatic N) is 4. The first-order valence-electron chi connectivity index (χ1n) is 19.8. The Labute approximate surface area is 332 Å². The Balaban J connectivity index is 1.16. The van der Waals surface area contributed by atoms with Crippen LogP contribution >= 0.6 is 0 Å². The minimum absolute atomic E-state index is 0.650. The third-order valence-electron chi connectivity index (χ3n) is 12.2. The van der Waals surface area contributed by atoms with Crippen molar-refractivity contribution in [1.82, 2.24) is 18.9 Å². The van der Waals surface area contributed by atoms with Crippen LogP contribution in [0.2, 0.25) is 0 Å². The highest BCUT2D eigenvalue weighted by molar-refractivity contribution is 6.35. The molecule has 0 N–H and O–H groups in total. The second kappa shape index (κ2) is 11.8. The highest BCUT2D eigenvalue weighted by atomic mass is 15.2. The van der Waals surface area contributed by atoms with E-state index in [2.05, 4.69) is 203 Å². The summed E-state index contributed by atoms with van der Waals surface area (Å²) in [6.45, 7) is 0. The van der Waals surface area contributed by atoms with E-state index in [0.29, 0.717) is 5.95 Å². The maximum absolute atomic E-state index is 5.61. The summed E-state index contributed by atoms with van der Waals surface area (Å²) >= 11 is 0. The number of hydrogen-bond acceptors (Lipinski definition) is 2. The largest absolute Gasteiger partial charge is 0.308 e. The molecule has 0 amide bonds. The summed E-state index contributed by atoms with van der Waals surface area (Å²) in [6.07, 6.45) is 0. The van der Waals surface area contributed by atoms with Crippen LogP contribution in [0.5, 0.6) is 0 Å². The second-order valence-corrected chi connectivity index (χ2v) is 15.3. The highest BCUT2D eigenvalue weighted by Gasteiger charge is 2.25. The molecular formula is C54H32N4. The zero-order valence-electron chi connectivity index (χ0n) is 31.3. The number of hydrogen-bond donors (Lipinski definition) is 0. The van der Waals surface area contributed by atoms with E-state index in [1.54, 1.807) is 0 Å². The number of benzene rings is 9. The van der Waals surface area contributed by atoms with Crippen LogP contribution in [0, 0.1) is 0 Å². The lowest BCUT2D eigenvalue weighted by atomic mass is 9.94. The lowest BCUT2D eigenvalue weighted by Gasteiger charge is -2.14. The first kappa shape index (κ1) is 31.4. The van der Waals surface area contributed by atoms with Gasteiger partial charge < -0.3 is 4.40 Å². The molecule has 4 heterocycles. The van der Waals surface area contributed by atoms with Crippen molar-refractivity contribution in [1.29, 1.82) is 0 Å². The molecule has 4 heteroatoms. The standard InChI is InChI=1S/C54H32N4/c1-3-14-33(15-4-1)36-30-37(34-16-5-2-6-17-34)32-38(31-36)52-42-21-9-11-24-44(42)55-54(56-52)58-47-27-26-35-18-7-8-19-39(35)49(47)51-48(58)29-28-46-50(51)43-23-13-22-41-40-20-10-12-25-45(40)57(46)53(41)43/h1-32H. The Hall–Kier alpha value is -7.82. The van der Waals surface area contributed by atoms with Crippen molar-refractivity contribution in [3.63, 3.8) is 0 Å². The molecule has 13 aromatic rings. The van der Waals surface area contributed by atoms with Gasteiger partial charge >= 0.3 is 0 Å². The van der Waals surface area contributed by atoms with Gasteiger partial charge in [-0.3, -0.25) is 4.57 Å². The second-order valence-electron chi connectivity index (χ2n) is 15.3. The molecule has 0 aliphatic carbocycles. The van der Waals surface area contributed by atoms with Crippen molar-refractivity contribution < 1.29 is 0 Å². The number of aromatic nitrogens is 4. The molecule has 0 saturated heterocycles. The normalized spacial score (nSPS) is 12.1. The van der Waals surface area contributed by atoms with Gasteiger partial charge in [-0.05, 0) is 81.6 Å². The van der Waals surface area contributed by atoms with Crippen LogP contribution in [0.25, 0.3) is 121 Å². The van der Waals surface area contributed by atoms with Crippen LogP contribution < -0.4 is 0 Å². The molecule has 0 atom stereocenters. The lowest BCUT2D eigenvalue weighted by molar-refractivity contribution is 1.01. The first-order chi connectivity index (χ1) is 28.8. The Morgan fingerprint density at radius 3 is 1.69 bits per heavy atom. The van der Waals surface area contributed by atoms with E-state index >= 15 is 0 Å². The SMILES string of the molecule is c1ccc(-c2cc(-c3ccccc3)cc(-c3nc(-n4c5ccc6ccccc6c5c5c6c7cccc8c9ccccc9n(c6ccc54)c87)nc4ccccc34)c2)cc1. The van der Waals surface area contributed by atoms with Gasteiger partial charge in [-0.2, -0.15) is 0 Å². The molecule has 13 rings (SSSR count). The molecule has 0 radical (unpaired) electrons. The topological polar surface area (TPSA) is 35.1 Å². The third kappa shape index (κ3) is 4.34. The summed E-state index contributed by atoms with van der Waals surface area (Å²) in [7, 11) is 0. The molecule has 0 bridgehead atoms. The van der Waals surface area contributed by atoms with E-state index in [4.69, 9.17) is 9.97 Å². The fraction of sp³-hybridized carbons (Fsp3) is 0. The Kier molecular flexibility index (Phi) is 6.41. The van der Waals surface area contributed by atoms with Crippen molar-refractivity contribution in [3.05, 3.63) is 194 Å². The van der Waals surface area contributed by atoms with Gasteiger partial charge in [0.1, 0.15) is 0 Å². The fourth-order valence-electron chi connectivity index (χ4n) is 9.75. The summed E-state index contributed by atoms with van der Waals surface area (Å²) in [5.41, 5.74) is 13.3. The Morgan fingerprint density at radius 2 is 0.897 bits per heavy atom. The average Bonchev–Trinajstić information content (AvgIpc) is 3.94. The van der Waals surface area contributed by atoms with Crippen molar-refractivity contribution in [2.24, 2.45) is 0 Å². The zero-order chi connectivity index (χ0) is 37.9. The van der Waals surface area contributed by atoms with Gasteiger partial charge in [-0.25, -0.2) is 9.97 Å². The highest BCUT2D eigenvalue weighted by Crippen LogP contribution is 2.46. The van der Waals surface area contributed by atoms with E-state index in [1.807, 2.05) is 0 Å². The smallest absolute Gasteiger partial charge is 0.235 e. The molecule has 9 aromatic carbocycles. The molecule has 58 heavy (non-hydrogen) atoms. The lowest BCUT2D eigenvalue weighted by Crippen LogP contribution is -2.03. The molecule has 0 unspecified atom stereocenters. The predicted octanol–water partition coefficient (Wildman–Crippen LogP) is 14.0. The van der Waals surface area contributed by atoms with Crippen LogP contribution in [-0.2, 0) is 0 Å². The van der Waals surface area contributed by atoms with Crippen molar-refractivity contribution in [2.75, 3.05) is 0 Å². The molecular weight excluding hydrogens is 705 g/mol. The molecule has 0 saturated carbocycles. The first-order valence-corrected chi connectivity index (χ1v) is 19.8. The summed E-state index contributed by atoms with van der Waals surface area (Å²) in [4.78, 5) is 11.0. The minimum atomic E-state index is 0.650. The molecule has 0 spiro atoms. The van der Waals surface area contributed by atoms with E-state index in [9.17, 15) is 0 Å². The van der Waals surface area contributed by atoms with Gasteiger partial charge in [0.05, 0.1) is 38.8 Å². The fourth-order valence-corrected chi connectivity index (χ4v) is 9.75.